The zero-order chi connectivity index (χ0) is 18.7. The second-order valence-corrected chi connectivity index (χ2v) is 5.86. The largest absolute Gasteiger partial charge is 0.507 e. The molecule has 0 aromatic heterocycles. The first-order valence-electron chi connectivity index (χ1n) is 7.60. The molecule has 1 heterocycles. The van der Waals surface area contributed by atoms with Gasteiger partial charge in [0, 0.05) is 16.7 Å². The molecule has 2 aliphatic rings. The summed E-state index contributed by atoms with van der Waals surface area (Å²) >= 11 is 0. The summed E-state index contributed by atoms with van der Waals surface area (Å²) in [6, 6.07) is 2.55. The number of phenolic OH excluding ortho intramolecular Hbond substituents is 1. The molecule has 0 fully saturated rings. The summed E-state index contributed by atoms with van der Waals surface area (Å²) in [7, 11) is 1.31. The maximum Gasteiger partial charge on any atom is 0.339 e. The van der Waals surface area contributed by atoms with Crippen LogP contribution in [0.3, 0.4) is 0 Å². The SMILES string of the molecule is COc1ccc(O)c2c1C(=O)c1c3c(c(CO)c(O)c1C2=O)C(=O)OC3. The smallest absolute Gasteiger partial charge is 0.339 e. The van der Waals surface area contributed by atoms with Gasteiger partial charge < -0.3 is 24.8 Å². The Labute approximate surface area is 146 Å². The number of aliphatic hydroxyl groups is 1. The van der Waals surface area contributed by atoms with E-state index in [0.29, 0.717) is 0 Å². The number of phenols is 2. The van der Waals surface area contributed by atoms with Crippen molar-refractivity contribution >= 4 is 17.5 Å². The molecule has 8 heteroatoms. The minimum absolute atomic E-state index is 0.0755. The molecule has 0 saturated heterocycles. The van der Waals surface area contributed by atoms with Gasteiger partial charge in [0.2, 0.25) is 5.78 Å². The zero-order valence-electron chi connectivity index (χ0n) is 13.5. The number of hydrogen-bond acceptors (Lipinski definition) is 8. The van der Waals surface area contributed by atoms with Crippen LogP contribution in [0.1, 0.15) is 53.3 Å². The molecule has 0 bridgehead atoms. The van der Waals surface area contributed by atoms with Crippen LogP contribution < -0.4 is 4.74 Å². The number of hydrogen-bond donors (Lipinski definition) is 3. The van der Waals surface area contributed by atoms with Crippen molar-refractivity contribution in [3.63, 3.8) is 0 Å². The van der Waals surface area contributed by atoms with E-state index in [-0.39, 0.29) is 51.3 Å². The Morgan fingerprint density at radius 1 is 1.00 bits per heavy atom. The van der Waals surface area contributed by atoms with E-state index in [0.717, 1.165) is 0 Å². The van der Waals surface area contributed by atoms with Crippen LogP contribution in [-0.2, 0) is 18.0 Å². The number of methoxy groups -OCH3 is 1. The first kappa shape index (κ1) is 16.1. The Hall–Kier alpha value is -3.39. The molecule has 2 aromatic carbocycles. The molecule has 1 aliphatic heterocycles. The van der Waals surface area contributed by atoms with Crippen LogP contribution in [0.25, 0.3) is 0 Å². The monoisotopic (exact) mass is 356 g/mol. The number of cyclic esters (lactones) is 1. The molecule has 1 aliphatic carbocycles. The predicted octanol–water partition coefficient (Wildman–Crippen LogP) is 1.04. The first-order valence-corrected chi connectivity index (χ1v) is 7.60. The van der Waals surface area contributed by atoms with Crippen LogP contribution in [0.5, 0.6) is 17.2 Å². The molecule has 3 N–H and O–H groups in total. The summed E-state index contributed by atoms with van der Waals surface area (Å²) in [6.45, 7) is -0.992. The van der Waals surface area contributed by atoms with Gasteiger partial charge in [-0.15, -0.1) is 0 Å². The average molecular weight is 356 g/mol. The van der Waals surface area contributed by atoms with Crippen LogP contribution in [0.15, 0.2) is 12.1 Å². The minimum Gasteiger partial charge on any atom is -0.507 e. The summed E-state index contributed by atoms with van der Waals surface area (Å²) < 4.78 is 10.1. The van der Waals surface area contributed by atoms with Gasteiger partial charge in [-0.2, -0.15) is 0 Å². The van der Waals surface area contributed by atoms with Crippen molar-refractivity contribution in [2.24, 2.45) is 0 Å². The van der Waals surface area contributed by atoms with Crippen molar-refractivity contribution in [1.82, 2.24) is 0 Å². The Morgan fingerprint density at radius 3 is 2.35 bits per heavy atom. The van der Waals surface area contributed by atoms with Crippen LogP contribution >= 0.6 is 0 Å². The summed E-state index contributed by atoms with van der Waals surface area (Å²) in [5, 5.41) is 30.2. The van der Waals surface area contributed by atoms with Gasteiger partial charge in [0.25, 0.3) is 0 Å². The standard InChI is InChI=1S/C18H12O8/c1-25-9-3-2-8(20)12-13(9)16(22)11-7-5-26-18(24)10(7)6(4-19)15(21)14(11)17(12)23/h2-3,19-21H,4-5H2,1H3. The molecule has 132 valence electrons. The Morgan fingerprint density at radius 2 is 1.69 bits per heavy atom. The summed E-state index contributed by atoms with van der Waals surface area (Å²) in [4.78, 5) is 38.1. The maximum atomic E-state index is 13.1. The van der Waals surface area contributed by atoms with Crippen LogP contribution in [-0.4, -0.2) is 40.0 Å². The third-order valence-electron chi connectivity index (χ3n) is 4.66. The van der Waals surface area contributed by atoms with E-state index in [2.05, 4.69) is 0 Å². The molecule has 0 saturated carbocycles. The number of aliphatic hydroxyl groups excluding tert-OH is 1. The highest BCUT2D eigenvalue weighted by Gasteiger charge is 2.43. The number of ketones is 2. The van der Waals surface area contributed by atoms with Crippen molar-refractivity contribution in [3.8, 4) is 17.2 Å². The Bertz CT molecular complexity index is 1030. The lowest BCUT2D eigenvalue weighted by Gasteiger charge is -2.24. The second kappa shape index (κ2) is 5.30. The van der Waals surface area contributed by atoms with Gasteiger partial charge in [0.1, 0.15) is 23.9 Å². The lowest BCUT2D eigenvalue weighted by atomic mass is 9.78. The van der Waals surface area contributed by atoms with Gasteiger partial charge in [-0.05, 0) is 12.1 Å². The molecule has 2 aromatic rings. The van der Waals surface area contributed by atoms with Gasteiger partial charge >= 0.3 is 5.97 Å². The van der Waals surface area contributed by atoms with E-state index in [1.54, 1.807) is 0 Å². The van der Waals surface area contributed by atoms with E-state index in [1.165, 1.54) is 19.2 Å². The van der Waals surface area contributed by atoms with Gasteiger partial charge in [-0.1, -0.05) is 0 Å². The number of aromatic hydroxyl groups is 2. The molecular formula is C18H12O8. The Balaban J connectivity index is 2.15. The lowest BCUT2D eigenvalue weighted by molar-refractivity contribution is 0.0531. The fourth-order valence-corrected chi connectivity index (χ4v) is 3.52. The van der Waals surface area contributed by atoms with Crippen LogP contribution in [0, 0.1) is 0 Å². The molecular weight excluding hydrogens is 344 g/mol. The van der Waals surface area contributed by atoms with Gasteiger partial charge in [0.15, 0.2) is 5.78 Å². The molecule has 0 atom stereocenters. The number of carbonyl (C=O) groups is 3. The predicted molar refractivity (Wildman–Crippen MR) is 84.7 cm³/mol. The maximum absolute atomic E-state index is 13.1. The van der Waals surface area contributed by atoms with Crippen molar-refractivity contribution in [2.45, 2.75) is 13.2 Å². The highest BCUT2D eigenvalue weighted by atomic mass is 16.5. The topological polar surface area (TPSA) is 130 Å². The number of fused-ring (bicyclic) bond motifs is 4. The Kier molecular flexibility index (Phi) is 3.28. The summed E-state index contributed by atoms with van der Waals surface area (Å²) in [5.74, 6) is -3.33. The first-order chi connectivity index (χ1) is 12.4. The minimum atomic E-state index is -0.805. The van der Waals surface area contributed by atoms with Crippen LogP contribution in [0.2, 0.25) is 0 Å². The fraction of sp³-hybridized carbons (Fsp3) is 0.167. The molecule has 4 rings (SSSR count). The molecule has 0 amide bonds. The third kappa shape index (κ3) is 1.79. The van der Waals surface area contributed by atoms with E-state index in [1.807, 2.05) is 0 Å². The number of benzene rings is 2. The average Bonchev–Trinajstić information content (AvgIpc) is 3.00. The van der Waals surface area contributed by atoms with Gasteiger partial charge in [-0.3, -0.25) is 9.59 Å². The van der Waals surface area contributed by atoms with E-state index < -0.39 is 35.6 Å². The van der Waals surface area contributed by atoms with Crippen molar-refractivity contribution in [1.29, 1.82) is 0 Å². The quantitative estimate of drug-likeness (QED) is 0.581. The lowest BCUT2D eigenvalue weighted by Crippen LogP contribution is -2.25. The second-order valence-electron chi connectivity index (χ2n) is 5.86. The zero-order valence-corrected chi connectivity index (χ0v) is 13.5. The van der Waals surface area contributed by atoms with Crippen LogP contribution in [0.4, 0.5) is 0 Å². The summed E-state index contributed by atoms with van der Waals surface area (Å²) in [6.07, 6.45) is 0. The highest BCUT2D eigenvalue weighted by Crippen LogP contribution is 2.45. The number of esters is 1. The molecule has 0 radical (unpaired) electrons. The van der Waals surface area contributed by atoms with E-state index >= 15 is 0 Å². The highest BCUT2D eigenvalue weighted by molar-refractivity contribution is 6.32. The van der Waals surface area contributed by atoms with Crippen molar-refractivity contribution in [2.75, 3.05) is 7.11 Å². The van der Waals surface area contributed by atoms with E-state index in [9.17, 15) is 29.7 Å². The number of carbonyl (C=O) groups excluding carboxylic acids is 3. The fourth-order valence-electron chi connectivity index (χ4n) is 3.52. The van der Waals surface area contributed by atoms with Crippen molar-refractivity contribution in [3.05, 3.63) is 51.1 Å². The van der Waals surface area contributed by atoms with Crippen molar-refractivity contribution < 1.29 is 39.2 Å². The molecule has 0 unspecified atom stereocenters. The summed E-state index contributed by atoms with van der Waals surface area (Å²) in [5.41, 5.74) is -1.18. The molecule has 8 nitrogen and oxygen atoms in total. The normalized spacial score (nSPS) is 14.6. The third-order valence-corrected chi connectivity index (χ3v) is 4.66. The number of rotatable bonds is 2. The number of ether oxygens (including phenoxy) is 2. The molecule has 0 spiro atoms. The molecule has 26 heavy (non-hydrogen) atoms. The van der Waals surface area contributed by atoms with E-state index in [4.69, 9.17) is 9.47 Å². The van der Waals surface area contributed by atoms with Gasteiger partial charge in [0.05, 0.1) is 36.0 Å². The van der Waals surface area contributed by atoms with Gasteiger partial charge in [-0.25, -0.2) is 4.79 Å².